The molecule has 0 spiro atoms. The van der Waals surface area contributed by atoms with Gasteiger partial charge in [0.25, 0.3) is 0 Å². The lowest BCUT2D eigenvalue weighted by molar-refractivity contribution is 0.662. The summed E-state index contributed by atoms with van der Waals surface area (Å²) < 4.78 is 11.1. The van der Waals surface area contributed by atoms with Gasteiger partial charge in [-0.2, -0.15) is 0 Å². The van der Waals surface area contributed by atoms with Crippen molar-refractivity contribution in [3.63, 3.8) is 0 Å². The van der Waals surface area contributed by atoms with E-state index in [2.05, 4.69) is 160 Å². The van der Waals surface area contributed by atoms with Crippen molar-refractivity contribution in [3.8, 4) is 11.4 Å². The van der Waals surface area contributed by atoms with Crippen molar-refractivity contribution < 1.29 is 4.42 Å². The Balaban J connectivity index is 1.05. The van der Waals surface area contributed by atoms with Gasteiger partial charge in [0.05, 0.1) is 22.1 Å². The molecule has 0 amide bonds. The molecule has 3 aromatic heterocycles. The zero-order chi connectivity index (χ0) is 37.5. The van der Waals surface area contributed by atoms with Gasteiger partial charge in [0, 0.05) is 60.4 Å². The van der Waals surface area contributed by atoms with Crippen molar-refractivity contribution in [2.45, 2.75) is 6.17 Å². The number of amidine groups is 2. The number of aromatic nitrogens is 2. The summed E-state index contributed by atoms with van der Waals surface area (Å²) in [5.74, 6) is 1.43. The van der Waals surface area contributed by atoms with Crippen LogP contribution in [0.5, 0.6) is 0 Å². The molecule has 12 rings (SSSR count). The number of aliphatic imine (C=N–C) groups is 2. The molecule has 1 aliphatic rings. The van der Waals surface area contributed by atoms with Crippen LogP contribution in [-0.2, 0) is 0 Å². The maximum Gasteiger partial charge on any atom is 0.159 e. The molecule has 57 heavy (non-hydrogen) atoms. The van der Waals surface area contributed by atoms with Crippen LogP contribution < -0.4 is 5.32 Å². The predicted molar refractivity (Wildman–Crippen MR) is 234 cm³/mol. The molecule has 1 aliphatic heterocycles. The topological polar surface area (TPSA) is 59.8 Å². The minimum atomic E-state index is -0.400. The molecule has 8 aromatic carbocycles. The molecule has 0 saturated carbocycles. The Hall–Kier alpha value is -7.70. The monoisotopic (exact) mass is 731 g/mol. The second kappa shape index (κ2) is 12.4. The fourth-order valence-corrected chi connectivity index (χ4v) is 8.87. The van der Waals surface area contributed by atoms with E-state index in [1.807, 2.05) is 42.5 Å². The Kier molecular flexibility index (Phi) is 6.89. The molecule has 0 aliphatic carbocycles. The van der Waals surface area contributed by atoms with Crippen molar-refractivity contribution in [2.75, 3.05) is 0 Å². The van der Waals surface area contributed by atoms with Gasteiger partial charge in [-0.15, -0.1) is 0 Å². The van der Waals surface area contributed by atoms with E-state index in [1.54, 1.807) is 0 Å². The van der Waals surface area contributed by atoms with Crippen LogP contribution >= 0.6 is 0 Å². The minimum absolute atomic E-state index is 0.400. The van der Waals surface area contributed by atoms with Crippen LogP contribution in [0.25, 0.3) is 76.9 Å². The maximum atomic E-state index is 6.30. The van der Waals surface area contributed by atoms with Crippen molar-refractivity contribution in [2.24, 2.45) is 9.98 Å². The van der Waals surface area contributed by atoms with Crippen LogP contribution in [0.1, 0.15) is 22.9 Å². The first-order valence-corrected chi connectivity index (χ1v) is 19.3. The molecule has 1 unspecified atom stereocenters. The number of hydrogen-bond donors (Lipinski definition) is 1. The third kappa shape index (κ3) is 4.90. The first-order valence-electron chi connectivity index (χ1n) is 19.3. The molecule has 0 radical (unpaired) electrons. The van der Waals surface area contributed by atoms with Crippen LogP contribution in [0, 0.1) is 0 Å². The second-order valence-electron chi connectivity index (χ2n) is 14.6. The number of para-hydroxylation sites is 4. The first kappa shape index (κ1) is 31.6. The molecular weight excluding hydrogens is 699 g/mol. The van der Waals surface area contributed by atoms with E-state index < -0.39 is 6.17 Å². The second-order valence-corrected chi connectivity index (χ2v) is 14.6. The van der Waals surface area contributed by atoms with Crippen LogP contribution in [-0.4, -0.2) is 20.8 Å². The standard InChI is InChI=1S/C51H33N5O/c1-2-14-32(15-3-1)49-52-50(54-51(53-49)41-22-13-27-47-48(41)40-21-7-11-26-46(40)57-47)33-16-12-17-34(30-33)56-44-25-10-6-20-38(44)39-29-28-35(31-45(39)56)55-42-23-8-4-18-36(42)37-19-5-9-24-43(37)55/h1-31,51H,(H,52,53,54). The smallest absolute Gasteiger partial charge is 0.159 e. The van der Waals surface area contributed by atoms with Gasteiger partial charge in [-0.05, 0) is 54.6 Å². The number of rotatable bonds is 5. The number of hydrogen-bond acceptors (Lipinski definition) is 4. The number of furan rings is 1. The molecule has 268 valence electrons. The summed E-state index contributed by atoms with van der Waals surface area (Å²) in [7, 11) is 0. The lowest BCUT2D eigenvalue weighted by atomic mass is 10.0. The maximum absolute atomic E-state index is 6.30. The minimum Gasteiger partial charge on any atom is -0.456 e. The normalized spacial score (nSPS) is 14.5. The highest BCUT2D eigenvalue weighted by molar-refractivity contribution is 6.15. The Morgan fingerprint density at radius 2 is 1.00 bits per heavy atom. The molecular formula is C51H33N5O. The van der Waals surface area contributed by atoms with Crippen molar-refractivity contribution >= 4 is 77.2 Å². The molecule has 0 fully saturated rings. The van der Waals surface area contributed by atoms with Gasteiger partial charge in [-0.1, -0.05) is 133 Å². The van der Waals surface area contributed by atoms with Crippen LogP contribution in [0.15, 0.2) is 202 Å². The van der Waals surface area contributed by atoms with E-state index in [-0.39, 0.29) is 0 Å². The molecule has 1 atom stereocenters. The summed E-state index contributed by atoms with van der Waals surface area (Å²) in [6.45, 7) is 0. The van der Waals surface area contributed by atoms with Gasteiger partial charge >= 0.3 is 0 Å². The summed E-state index contributed by atoms with van der Waals surface area (Å²) >= 11 is 0. The van der Waals surface area contributed by atoms with E-state index in [1.165, 1.54) is 32.6 Å². The summed E-state index contributed by atoms with van der Waals surface area (Å²) in [5, 5.41) is 10.7. The Bertz CT molecular complexity index is 3400. The van der Waals surface area contributed by atoms with Gasteiger partial charge < -0.3 is 18.9 Å². The average molecular weight is 732 g/mol. The Morgan fingerprint density at radius 3 is 1.74 bits per heavy atom. The molecule has 11 aromatic rings. The van der Waals surface area contributed by atoms with Gasteiger partial charge in [-0.25, -0.2) is 9.98 Å². The van der Waals surface area contributed by atoms with E-state index in [0.29, 0.717) is 5.84 Å². The highest BCUT2D eigenvalue weighted by Gasteiger charge is 2.25. The summed E-state index contributed by atoms with van der Waals surface area (Å²) in [5.41, 5.74) is 11.5. The lowest BCUT2D eigenvalue weighted by Gasteiger charge is -2.24. The summed E-state index contributed by atoms with van der Waals surface area (Å²) in [4.78, 5) is 10.6. The lowest BCUT2D eigenvalue weighted by Crippen LogP contribution is -2.33. The molecule has 6 nitrogen and oxygen atoms in total. The van der Waals surface area contributed by atoms with Gasteiger partial charge in [-0.3, -0.25) is 0 Å². The van der Waals surface area contributed by atoms with Crippen LogP contribution in [0.2, 0.25) is 0 Å². The van der Waals surface area contributed by atoms with E-state index in [4.69, 9.17) is 14.4 Å². The highest BCUT2D eigenvalue weighted by atomic mass is 16.3. The number of nitrogens with one attached hydrogen (secondary N) is 1. The molecule has 0 bridgehead atoms. The quantitative estimate of drug-likeness (QED) is 0.192. The largest absolute Gasteiger partial charge is 0.456 e. The van der Waals surface area contributed by atoms with Crippen LogP contribution in [0.4, 0.5) is 0 Å². The van der Waals surface area contributed by atoms with Crippen molar-refractivity contribution in [3.05, 3.63) is 205 Å². The van der Waals surface area contributed by atoms with Crippen molar-refractivity contribution in [1.29, 1.82) is 0 Å². The Labute approximate surface area is 327 Å². The third-order valence-electron chi connectivity index (χ3n) is 11.4. The number of nitrogens with zero attached hydrogens (tertiary/aromatic N) is 4. The molecule has 6 heteroatoms. The predicted octanol–water partition coefficient (Wildman–Crippen LogP) is 12.3. The van der Waals surface area contributed by atoms with Crippen LogP contribution in [0.3, 0.4) is 0 Å². The van der Waals surface area contributed by atoms with Gasteiger partial charge in [0.1, 0.15) is 23.2 Å². The Morgan fingerprint density at radius 1 is 0.439 bits per heavy atom. The zero-order valence-electron chi connectivity index (χ0n) is 30.7. The first-order chi connectivity index (χ1) is 28.3. The number of fused-ring (bicyclic) bond motifs is 9. The van der Waals surface area contributed by atoms with Crippen molar-refractivity contribution in [1.82, 2.24) is 14.5 Å². The SMILES string of the molecule is c1ccc(C2=NC(c3cccc(-n4c5ccccc5c5ccc(-n6c7ccccc7c7ccccc76)cc54)c3)=NC(c3cccc4oc5ccccc5c34)N2)cc1. The summed E-state index contributed by atoms with van der Waals surface area (Å²) in [6.07, 6.45) is -0.400. The third-order valence-corrected chi connectivity index (χ3v) is 11.4. The van der Waals surface area contributed by atoms with E-state index in [9.17, 15) is 0 Å². The van der Waals surface area contributed by atoms with Gasteiger partial charge in [0.2, 0.25) is 0 Å². The van der Waals surface area contributed by atoms with E-state index >= 15 is 0 Å². The zero-order valence-corrected chi connectivity index (χ0v) is 30.7. The highest BCUT2D eigenvalue weighted by Crippen LogP contribution is 2.38. The molecule has 4 heterocycles. The molecule has 0 saturated heterocycles. The summed E-state index contributed by atoms with van der Waals surface area (Å²) in [6, 6.07) is 66.2. The van der Waals surface area contributed by atoms with E-state index in [0.717, 1.165) is 66.9 Å². The average Bonchev–Trinajstić information content (AvgIpc) is 3.94. The fourth-order valence-electron chi connectivity index (χ4n) is 8.87. The van der Waals surface area contributed by atoms with Gasteiger partial charge in [0.15, 0.2) is 5.84 Å². The molecule has 1 N–H and O–H groups in total. The number of benzene rings is 8. The fraction of sp³-hybridized carbons (Fsp3) is 0.0196.